The summed E-state index contributed by atoms with van der Waals surface area (Å²) in [6, 6.07) is 2.08. The molecule has 1 heterocycles. The van der Waals surface area contributed by atoms with E-state index in [2.05, 4.69) is 51.6 Å². The number of rotatable bonds is 6. The van der Waals surface area contributed by atoms with E-state index in [1.54, 1.807) is 6.08 Å². The molecule has 1 atom stereocenters. The fourth-order valence-electron chi connectivity index (χ4n) is 2.16. The van der Waals surface area contributed by atoms with Gasteiger partial charge in [-0.1, -0.05) is 17.2 Å². The van der Waals surface area contributed by atoms with Crippen molar-refractivity contribution in [3.05, 3.63) is 23.3 Å². The van der Waals surface area contributed by atoms with Gasteiger partial charge in [-0.05, 0) is 60.3 Å². The van der Waals surface area contributed by atoms with Crippen LogP contribution in [-0.4, -0.2) is 9.49 Å². The van der Waals surface area contributed by atoms with Gasteiger partial charge < -0.3 is 0 Å². The summed E-state index contributed by atoms with van der Waals surface area (Å²) in [4.78, 5) is 0. The van der Waals surface area contributed by atoms with E-state index in [-0.39, 0.29) is 0 Å². The van der Waals surface area contributed by atoms with Gasteiger partial charge in [0.25, 0.3) is 0 Å². The molecule has 18 heavy (non-hydrogen) atoms. The fourth-order valence-corrected chi connectivity index (χ4v) is 3.54. The first kappa shape index (κ1) is 15.4. The van der Waals surface area contributed by atoms with Crippen molar-refractivity contribution in [1.82, 2.24) is 0 Å². The van der Waals surface area contributed by atoms with Crippen molar-refractivity contribution in [3.8, 4) is 6.07 Å². The van der Waals surface area contributed by atoms with Crippen molar-refractivity contribution in [2.24, 2.45) is 0 Å². The number of hydrogen-bond acceptors (Lipinski definition) is 2. The van der Waals surface area contributed by atoms with Crippen molar-refractivity contribution in [1.29, 1.82) is 5.26 Å². The summed E-state index contributed by atoms with van der Waals surface area (Å²) in [7, 11) is 0. The van der Waals surface area contributed by atoms with Gasteiger partial charge in [0.2, 0.25) is 0 Å². The minimum absolute atomic E-state index is 0.472. The van der Waals surface area contributed by atoms with Crippen LogP contribution in [0.15, 0.2) is 23.3 Å². The third-order valence-electron chi connectivity index (χ3n) is 4.05. The molecule has 0 aromatic rings. The predicted octanol–water partition coefficient (Wildman–Crippen LogP) is 5.25. The number of allylic oxidation sites excluding steroid dienone is 4. The van der Waals surface area contributed by atoms with Crippen LogP contribution in [0.5, 0.6) is 0 Å². The van der Waals surface area contributed by atoms with Crippen molar-refractivity contribution in [3.63, 3.8) is 0 Å². The van der Waals surface area contributed by atoms with Gasteiger partial charge in [-0.3, -0.25) is 0 Å². The van der Waals surface area contributed by atoms with Gasteiger partial charge in [0.05, 0.1) is 6.07 Å². The monoisotopic (exact) mass is 263 g/mol. The molecule has 0 saturated carbocycles. The molecule has 0 aliphatic carbocycles. The lowest BCUT2D eigenvalue weighted by Gasteiger charge is -2.12. The van der Waals surface area contributed by atoms with E-state index in [4.69, 9.17) is 5.26 Å². The first-order valence-electron chi connectivity index (χ1n) is 6.72. The molecule has 0 aromatic carbocycles. The molecule has 1 nitrogen and oxygen atoms in total. The highest BCUT2D eigenvalue weighted by Crippen LogP contribution is 2.65. The minimum Gasteiger partial charge on any atom is -0.193 e. The summed E-state index contributed by atoms with van der Waals surface area (Å²) >= 11 is 2.10. The Hall–Kier alpha value is -0.680. The van der Waals surface area contributed by atoms with Gasteiger partial charge in [0, 0.05) is 15.6 Å². The molecule has 0 amide bonds. The second-order valence-corrected chi connectivity index (χ2v) is 8.18. The molecule has 1 saturated heterocycles. The number of hydrogen-bond donors (Lipinski definition) is 0. The van der Waals surface area contributed by atoms with Crippen LogP contribution in [0.25, 0.3) is 0 Å². The third kappa shape index (κ3) is 4.21. The summed E-state index contributed by atoms with van der Waals surface area (Å²) in [6.45, 7) is 11.3. The first-order chi connectivity index (χ1) is 8.31. The van der Waals surface area contributed by atoms with E-state index < -0.39 is 0 Å². The quantitative estimate of drug-likeness (QED) is 0.371. The molecule has 0 spiro atoms. The van der Waals surface area contributed by atoms with Crippen LogP contribution in [0.4, 0.5) is 0 Å². The third-order valence-corrected chi connectivity index (χ3v) is 5.97. The largest absolute Gasteiger partial charge is 0.193 e. The Morgan fingerprint density at radius 1 is 1.17 bits per heavy atom. The molecule has 1 fully saturated rings. The Morgan fingerprint density at radius 3 is 2.28 bits per heavy atom. The molecular formula is C16H25NS. The molecule has 0 bridgehead atoms. The molecule has 2 heteroatoms. The van der Waals surface area contributed by atoms with Crippen molar-refractivity contribution in [2.45, 2.75) is 69.8 Å². The minimum atomic E-state index is 0.472. The average Bonchev–Trinajstić information content (AvgIpc) is 2.76. The van der Waals surface area contributed by atoms with Crippen LogP contribution in [0.1, 0.15) is 60.3 Å². The molecule has 100 valence electrons. The Morgan fingerprint density at radius 2 is 1.78 bits per heavy atom. The molecule has 0 aromatic heterocycles. The summed E-state index contributed by atoms with van der Waals surface area (Å²) in [5.41, 5.74) is 2.66. The summed E-state index contributed by atoms with van der Waals surface area (Å²) in [5.74, 6) is 0. The normalized spacial score (nSPS) is 26.9. The molecule has 1 aliphatic heterocycles. The molecule has 0 radical (unpaired) electrons. The second kappa shape index (κ2) is 5.97. The van der Waals surface area contributed by atoms with Gasteiger partial charge in [0.15, 0.2) is 0 Å². The average molecular weight is 263 g/mol. The van der Waals surface area contributed by atoms with E-state index in [1.165, 1.54) is 24.0 Å². The van der Waals surface area contributed by atoms with Crippen LogP contribution in [0, 0.1) is 11.3 Å². The van der Waals surface area contributed by atoms with Gasteiger partial charge in [0.1, 0.15) is 0 Å². The molecular weight excluding hydrogens is 238 g/mol. The Bertz CT molecular complexity index is 398. The van der Waals surface area contributed by atoms with E-state index in [1.807, 2.05) is 6.92 Å². The van der Waals surface area contributed by atoms with Gasteiger partial charge in [-0.2, -0.15) is 5.26 Å². The molecule has 1 unspecified atom stereocenters. The number of nitriles is 1. The van der Waals surface area contributed by atoms with E-state index in [0.29, 0.717) is 9.49 Å². The summed E-state index contributed by atoms with van der Waals surface area (Å²) < 4.78 is 0.956. The topological polar surface area (TPSA) is 23.8 Å². The van der Waals surface area contributed by atoms with Gasteiger partial charge in [-0.15, -0.1) is 11.8 Å². The smallest absolute Gasteiger partial charge is 0.0911 e. The lowest BCUT2D eigenvalue weighted by atomic mass is 9.91. The Labute approximate surface area is 116 Å². The van der Waals surface area contributed by atoms with E-state index >= 15 is 0 Å². The van der Waals surface area contributed by atoms with Crippen LogP contribution in [0.3, 0.4) is 0 Å². The zero-order valence-electron chi connectivity index (χ0n) is 12.3. The highest BCUT2D eigenvalue weighted by Gasteiger charge is 2.57. The van der Waals surface area contributed by atoms with E-state index in [9.17, 15) is 0 Å². The maximum absolute atomic E-state index is 8.53. The Balaban J connectivity index is 2.28. The maximum atomic E-state index is 8.53. The first-order valence-corrected chi connectivity index (χ1v) is 7.53. The van der Waals surface area contributed by atoms with Crippen LogP contribution in [-0.2, 0) is 0 Å². The van der Waals surface area contributed by atoms with E-state index in [0.717, 1.165) is 12.8 Å². The maximum Gasteiger partial charge on any atom is 0.0911 e. The number of nitrogens with zero attached hydrogens (tertiary/aromatic N) is 1. The SMILES string of the molecule is CC(=CC#N)CCC=C(C)CCC1(C)SC1(C)C. The Kier molecular flexibility index (Phi) is 5.10. The van der Waals surface area contributed by atoms with Crippen molar-refractivity contribution < 1.29 is 0 Å². The highest BCUT2D eigenvalue weighted by molar-refractivity contribution is 8.09. The lowest BCUT2D eigenvalue weighted by molar-refractivity contribution is 0.559. The molecule has 1 aliphatic rings. The fraction of sp³-hybridized carbons (Fsp3) is 0.688. The van der Waals surface area contributed by atoms with Gasteiger partial charge >= 0.3 is 0 Å². The highest BCUT2D eigenvalue weighted by atomic mass is 32.2. The van der Waals surface area contributed by atoms with Crippen LogP contribution < -0.4 is 0 Å². The molecule has 1 rings (SSSR count). The van der Waals surface area contributed by atoms with Crippen LogP contribution in [0.2, 0.25) is 0 Å². The zero-order chi connectivity index (χ0) is 13.8. The second-order valence-electron chi connectivity index (χ2n) is 6.05. The summed E-state index contributed by atoms with van der Waals surface area (Å²) in [6.07, 6.45) is 8.52. The van der Waals surface area contributed by atoms with Crippen LogP contribution >= 0.6 is 11.8 Å². The van der Waals surface area contributed by atoms with Crippen molar-refractivity contribution >= 4 is 11.8 Å². The van der Waals surface area contributed by atoms with Gasteiger partial charge in [-0.25, -0.2) is 0 Å². The lowest BCUT2D eigenvalue weighted by Crippen LogP contribution is -2.15. The molecule has 0 N–H and O–H groups in total. The number of thioether (sulfide) groups is 1. The predicted molar refractivity (Wildman–Crippen MR) is 81.7 cm³/mol. The summed E-state index contributed by atoms with van der Waals surface area (Å²) in [5, 5.41) is 8.53. The standard InChI is InChI=1S/C16H25NS/c1-13(7-6-8-14(2)10-12-17)9-11-16(5)15(3,4)18-16/h7,10H,6,8-9,11H2,1-5H3. The van der Waals surface area contributed by atoms with Crippen molar-refractivity contribution in [2.75, 3.05) is 0 Å². The zero-order valence-corrected chi connectivity index (χ0v) is 13.2.